The number of nitriles is 1. The van der Waals surface area contributed by atoms with Crippen LogP contribution in [0.15, 0.2) is 36.8 Å². The van der Waals surface area contributed by atoms with Gasteiger partial charge in [0.2, 0.25) is 0 Å². The Hall–Kier alpha value is -3.80. The van der Waals surface area contributed by atoms with Crippen molar-refractivity contribution in [2.45, 2.75) is 38.6 Å². The van der Waals surface area contributed by atoms with E-state index in [4.69, 9.17) is 14.8 Å². The van der Waals surface area contributed by atoms with Crippen LogP contribution in [0.2, 0.25) is 0 Å². The van der Waals surface area contributed by atoms with E-state index in [9.17, 15) is 10.1 Å². The van der Waals surface area contributed by atoms with Crippen LogP contribution < -0.4 is 15.0 Å². The zero-order valence-electron chi connectivity index (χ0n) is 18.5. The van der Waals surface area contributed by atoms with Gasteiger partial charge in [-0.2, -0.15) is 10.4 Å². The number of piperidine rings is 1. The van der Waals surface area contributed by atoms with E-state index in [0.29, 0.717) is 17.9 Å². The monoisotopic (exact) mass is 446 g/mol. The van der Waals surface area contributed by atoms with Crippen LogP contribution in [0, 0.1) is 16.7 Å². The first kappa shape index (κ1) is 21.1. The minimum absolute atomic E-state index is 0.0950. The predicted molar refractivity (Wildman–Crippen MR) is 122 cm³/mol. The molecule has 3 aromatic heterocycles. The van der Waals surface area contributed by atoms with Crippen LogP contribution in [0.4, 0.5) is 10.6 Å². The number of aromatic nitrogens is 3. The van der Waals surface area contributed by atoms with E-state index in [1.165, 1.54) is 0 Å². The lowest BCUT2D eigenvalue weighted by atomic mass is 9.60. The van der Waals surface area contributed by atoms with Crippen LogP contribution in [-0.2, 0) is 0 Å². The number of hydrogen-bond donors (Lipinski definition) is 2. The van der Waals surface area contributed by atoms with Crippen LogP contribution in [0.3, 0.4) is 0 Å². The number of carbonyl (C=O) groups is 1. The number of nitrogens with one attached hydrogen (secondary N) is 1. The fourth-order valence-corrected chi connectivity index (χ4v) is 5.26. The molecule has 1 saturated heterocycles. The molecule has 9 nitrogen and oxygen atoms in total. The Bertz CT molecular complexity index is 1210. The van der Waals surface area contributed by atoms with E-state index < -0.39 is 6.09 Å². The molecule has 1 aliphatic heterocycles. The third-order valence-electron chi connectivity index (χ3n) is 6.91. The molecule has 0 aromatic carbocycles. The summed E-state index contributed by atoms with van der Waals surface area (Å²) in [6.45, 7) is 4.30. The van der Waals surface area contributed by atoms with Crippen molar-refractivity contribution < 1.29 is 14.6 Å². The van der Waals surface area contributed by atoms with Gasteiger partial charge in [-0.25, -0.2) is 14.3 Å². The van der Waals surface area contributed by atoms with Gasteiger partial charge in [0.15, 0.2) is 0 Å². The highest BCUT2D eigenvalue weighted by molar-refractivity contribution is 5.85. The van der Waals surface area contributed by atoms with Crippen molar-refractivity contribution in [3.63, 3.8) is 0 Å². The molecule has 170 valence electrons. The number of rotatable bonds is 5. The van der Waals surface area contributed by atoms with Gasteiger partial charge in [0.25, 0.3) is 0 Å². The summed E-state index contributed by atoms with van der Waals surface area (Å²) in [7, 11) is 0. The molecule has 0 unspecified atom stereocenters. The van der Waals surface area contributed by atoms with Gasteiger partial charge in [-0.1, -0.05) is 0 Å². The lowest BCUT2D eigenvalue weighted by Crippen LogP contribution is -2.54. The molecule has 4 heterocycles. The first-order chi connectivity index (χ1) is 16.0. The molecule has 1 spiro atoms. The summed E-state index contributed by atoms with van der Waals surface area (Å²) >= 11 is 0. The second kappa shape index (κ2) is 8.28. The smallest absolute Gasteiger partial charge is 0.404 e. The quantitative estimate of drug-likeness (QED) is 0.614. The Labute approximate surface area is 191 Å². The van der Waals surface area contributed by atoms with Gasteiger partial charge in [-0.3, -0.25) is 0 Å². The van der Waals surface area contributed by atoms with Crippen LogP contribution in [0.25, 0.3) is 16.6 Å². The molecule has 0 radical (unpaired) electrons. The Morgan fingerprint density at radius 3 is 2.76 bits per heavy atom. The van der Waals surface area contributed by atoms with Gasteiger partial charge in [0.1, 0.15) is 17.6 Å². The maximum Gasteiger partial charge on any atom is 0.404 e. The number of carboxylic acid groups (broad SMARTS) is 1. The number of pyridine rings is 2. The lowest BCUT2D eigenvalue weighted by Gasteiger charge is -2.52. The largest absolute Gasteiger partial charge is 0.492 e. The van der Waals surface area contributed by atoms with Crippen LogP contribution >= 0.6 is 0 Å². The highest BCUT2D eigenvalue weighted by atomic mass is 16.5. The van der Waals surface area contributed by atoms with Crippen molar-refractivity contribution in [3.8, 4) is 22.9 Å². The minimum Gasteiger partial charge on any atom is -0.492 e. The molecule has 0 atom stereocenters. The van der Waals surface area contributed by atoms with Crippen molar-refractivity contribution in [1.82, 2.24) is 19.9 Å². The summed E-state index contributed by atoms with van der Waals surface area (Å²) in [5.41, 5.74) is 3.28. The molecular weight excluding hydrogens is 420 g/mol. The molecule has 1 saturated carbocycles. The van der Waals surface area contributed by atoms with Gasteiger partial charge in [0, 0.05) is 36.5 Å². The maximum atomic E-state index is 10.8. The van der Waals surface area contributed by atoms with Gasteiger partial charge >= 0.3 is 6.09 Å². The van der Waals surface area contributed by atoms with E-state index in [1.807, 2.05) is 31.3 Å². The Morgan fingerprint density at radius 1 is 1.33 bits per heavy atom. The molecule has 1 aliphatic carbocycles. The molecule has 3 aromatic rings. The summed E-state index contributed by atoms with van der Waals surface area (Å²) < 4.78 is 7.38. The molecule has 2 N–H and O–H groups in total. The number of nitrogens with zero attached hydrogens (tertiary/aromatic N) is 5. The van der Waals surface area contributed by atoms with E-state index in [-0.39, 0.29) is 11.5 Å². The topological polar surface area (TPSA) is 116 Å². The Balaban J connectivity index is 1.33. The van der Waals surface area contributed by atoms with Crippen molar-refractivity contribution in [2.24, 2.45) is 5.41 Å². The summed E-state index contributed by atoms with van der Waals surface area (Å²) in [5, 5.41) is 25.3. The zero-order chi connectivity index (χ0) is 23.0. The molecule has 1 amide bonds. The number of amides is 1. The normalized spacial score (nSPS) is 17.5. The molecule has 0 bridgehead atoms. The first-order valence-electron chi connectivity index (χ1n) is 11.3. The minimum atomic E-state index is -0.932. The molecule has 5 rings (SSSR count). The number of anilines is 1. The molecule has 2 aliphatic rings. The average molecular weight is 447 g/mol. The molecular formula is C24H26N6O3. The van der Waals surface area contributed by atoms with Gasteiger partial charge in [-0.05, 0) is 56.2 Å². The van der Waals surface area contributed by atoms with Crippen molar-refractivity contribution >= 4 is 17.4 Å². The summed E-state index contributed by atoms with van der Waals surface area (Å²) in [6, 6.07) is 8.30. The Kier molecular flexibility index (Phi) is 5.29. The maximum absolute atomic E-state index is 10.8. The molecule has 2 fully saturated rings. The second-order valence-corrected chi connectivity index (χ2v) is 8.93. The van der Waals surface area contributed by atoms with Crippen LogP contribution in [0.1, 0.15) is 38.2 Å². The number of ether oxygens (including phenoxy) is 1. The fourth-order valence-electron chi connectivity index (χ4n) is 5.26. The van der Waals surface area contributed by atoms with Crippen molar-refractivity contribution in [2.75, 3.05) is 24.6 Å². The van der Waals surface area contributed by atoms with Crippen molar-refractivity contribution in [3.05, 3.63) is 42.4 Å². The van der Waals surface area contributed by atoms with E-state index >= 15 is 0 Å². The number of fused-ring (bicyclic) bond motifs is 1. The average Bonchev–Trinajstić information content (AvgIpc) is 3.21. The summed E-state index contributed by atoms with van der Waals surface area (Å²) in [6.07, 6.45) is 8.21. The Morgan fingerprint density at radius 2 is 2.12 bits per heavy atom. The van der Waals surface area contributed by atoms with Gasteiger partial charge in [0.05, 0.1) is 30.1 Å². The van der Waals surface area contributed by atoms with Crippen molar-refractivity contribution in [1.29, 1.82) is 5.26 Å². The highest BCUT2D eigenvalue weighted by Gasteiger charge is 2.46. The standard InChI is InChI=1S/C24H26N6O3/c1-2-33-19-9-20(22-17(12-25)14-27-30(22)15-19)16-3-4-21(26-13-16)29-7-5-24(6-8-29)10-18(11-24)28-23(31)32/h3-4,9,13-15,18,28H,2,5-8,10-11H2,1H3,(H,31,32). The second-order valence-electron chi connectivity index (χ2n) is 8.93. The molecule has 9 heteroatoms. The summed E-state index contributed by atoms with van der Waals surface area (Å²) in [4.78, 5) is 17.8. The summed E-state index contributed by atoms with van der Waals surface area (Å²) in [5.74, 6) is 1.62. The lowest BCUT2D eigenvalue weighted by molar-refractivity contribution is 0.0529. The fraction of sp³-hybridized carbons (Fsp3) is 0.417. The van der Waals surface area contributed by atoms with Gasteiger partial charge < -0.3 is 20.1 Å². The number of hydrogen-bond acceptors (Lipinski definition) is 6. The third kappa shape index (κ3) is 3.93. The van der Waals surface area contributed by atoms with Crippen LogP contribution in [0.5, 0.6) is 5.75 Å². The molecule has 33 heavy (non-hydrogen) atoms. The SMILES string of the molecule is CCOc1cc(-c2ccc(N3CCC4(CC3)CC(NC(=O)O)C4)nc2)c2c(C#N)cnn2c1. The first-order valence-corrected chi connectivity index (χ1v) is 11.3. The van der Waals surface area contributed by atoms with Gasteiger partial charge in [-0.15, -0.1) is 0 Å². The van der Waals surface area contributed by atoms with Crippen LogP contribution in [-0.4, -0.2) is 51.5 Å². The highest BCUT2D eigenvalue weighted by Crippen LogP contribution is 2.49. The predicted octanol–water partition coefficient (Wildman–Crippen LogP) is 3.68. The zero-order valence-corrected chi connectivity index (χ0v) is 18.5. The van der Waals surface area contributed by atoms with E-state index in [0.717, 1.165) is 61.2 Å². The van der Waals surface area contributed by atoms with E-state index in [2.05, 4.69) is 21.4 Å². The third-order valence-corrected chi connectivity index (χ3v) is 6.91. The van der Waals surface area contributed by atoms with E-state index in [1.54, 1.807) is 16.9 Å².